The molecule has 1 aromatic heterocycles. The zero-order valence-electron chi connectivity index (χ0n) is 28.8. The summed E-state index contributed by atoms with van der Waals surface area (Å²) in [5, 5.41) is 0. The van der Waals surface area contributed by atoms with Crippen molar-refractivity contribution in [1.82, 2.24) is 15.0 Å². The van der Waals surface area contributed by atoms with E-state index in [9.17, 15) is 35.9 Å². The molecule has 0 fully saturated rings. The highest BCUT2D eigenvalue weighted by Gasteiger charge is 2.42. The topological polar surface area (TPSA) is 82.5 Å². The molecule has 1 heterocycles. The minimum Gasteiger partial charge on any atom is -0.317 e. The molecule has 4 aromatic rings. The first-order chi connectivity index (χ1) is 24.7. The maximum Gasteiger partial charge on any atom is 0.454 e. The smallest absolute Gasteiger partial charge is 0.317 e. The van der Waals surface area contributed by atoms with Gasteiger partial charge in [-0.25, -0.2) is 0 Å². The van der Waals surface area contributed by atoms with Crippen LogP contribution in [-0.2, 0) is 9.59 Å². The third-order valence-corrected chi connectivity index (χ3v) is 7.71. The van der Waals surface area contributed by atoms with Gasteiger partial charge in [-0.15, -0.1) is 0 Å². The molecule has 272 valence electrons. The summed E-state index contributed by atoms with van der Waals surface area (Å²) in [4.78, 5) is 43.1. The number of alkyl halides is 6. The van der Waals surface area contributed by atoms with Crippen molar-refractivity contribution in [2.45, 2.75) is 40.0 Å². The lowest BCUT2D eigenvalue weighted by molar-refractivity contribution is -0.164. The molecule has 0 saturated carbocycles. The summed E-state index contributed by atoms with van der Waals surface area (Å²) in [6.45, 7) is 7.10. The van der Waals surface area contributed by atoms with E-state index < -0.39 is 35.1 Å². The number of hydrogen-bond donors (Lipinski definition) is 0. The van der Waals surface area contributed by atoms with E-state index in [-0.39, 0.29) is 42.1 Å². The monoisotopic (exact) mass is 722 g/mol. The molecule has 0 spiro atoms. The van der Waals surface area contributed by atoms with Crippen LogP contribution in [0.1, 0.15) is 44.4 Å². The molecule has 0 unspecified atom stereocenters. The van der Waals surface area contributed by atoms with Gasteiger partial charge in [-0.2, -0.15) is 41.3 Å². The maximum absolute atomic E-state index is 13.9. The van der Waals surface area contributed by atoms with Gasteiger partial charge in [-0.05, 0) is 50.0 Å². The number of aromatic nitrogens is 3. The van der Waals surface area contributed by atoms with Gasteiger partial charge in [0.05, 0.1) is 11.1 Å². The molecule has 0 N–H and O–H groups in total. The van der Waals surface area contributed by atoms with Crippen molar-refractivity contribution in [3.63, 3.8) is 0 Å². The Balaban J connectivity index is 1.98. The second kappa shape index (κ2) is 16.9. The number of hydrogen-bond acceptors (Lipinski definition) is 8. The van der Waals surface area contributed by atoms with Crippen molar-refractivity contribution in [1.29, 1.82) is 0 Å². The van der Waals surface area contributed by atoms with Gasteiger partial charge in [0.25, 0.3) is 11.6 Å². The van der Waals surface area contributed by atoms with Crippen molar-refractivity contribution in [3.8, 4) is 0 Å². The number of carbonyl (C=O) groups is 2. The Morgan fingerprint density at radius 2 is 0.808 bits per heavy atom. The Kier molecular flexibility index (Phi) is 12.7. The Morgan fingerprint density at radius 1 is 0.519 bits per heavy atom. The SMILES string of the molecule is CCN(/C=C(/C)c1ccccc1)c1nc(N(/C=C(/C(=O)C(F)(F)F)c2ccccc2)CC)nc(N(/C=C(/C(=O)C(F)(F)F)c2ccccc2)CC)n1. The molecule has 0 radical (unpaired) electrons. The molecular weight excluding hydrogens is 686 g/mol. The highest BCUT2D eigenvalue weighted by atomic mass is 19.4. The van der Waals surface area contributed by atoms with E-state index >= 15 is 0 Å². The fraction of sp³-hybridized carbons (Fsp3) is 0.237. The second-order valence-electron chi connectivity index (χ2n) is 11.2. The zero-order valence-corrected chi connectivity index (χ0v) is 28.8. The van der Waals surface area contributed by atoms with Gasteiger partial charge in [0.2, 0.25) is 17.8 Å². The summed E-state index contributed by atoms with van der Waals surface area (Å²) < 4.78 is 83.2. The summed E-state index contributed by atoms with van der Waals surface area (Å²) in [7, 11) is 0. The van der Waals surface area contributed by atoms with Crippen LogP contribution in [0.3, 0.4) is 0 Å². The van der Waals surface area contributed by atoms with Crippen LogP contribution in [0.2, 0.25) is 0 Å². The first-order valence-electron chi connectivity index (χ1n) is 16.2. The van der Waals surface area contributed by atoms with Crippen molar-refractivity contribution < 1.29 is 35.9 Å². The summed E-state index contributed by atoms with van der Waals surface area (Å²) in [6, 6.07) is 23.9. The van der Waals surface area contributed by atoms with E-state index in [1.165, 1.54) is 58.3 Å². The molecule has 3 aromatic carbocycles. The van der Waals surface area contributed by atoms with Gasteiger partial charge in [0.15, 0.2) is 0 Å². The predicted octanol–water partition coefficient (Wildman–Crippen LogP) is 8.76. The number of rotatable bonds is 14. The van der Waals surface area contributed by atoms with Crippen LogP contribution in [0.15, 0.2) is 110 Å². The van der Waals surface area contributed by atoms with Gasteiger partial charge in [0.1, 0.15) is 0 Å². The lowest BCUT2D eigenvalue weighted by Gasteiger charge is -2.25. The molecule has 8 nitrogen and oxygen atoms in total. The Hall–Kier alpha value is -5.79. The average molecular weight is 723 g/mol. The fourth-order valence-electron chi connectivity index (χ4n) is 4.99. The molecule has 0 aliphatic carbocycles. The van der Waals surface area contributed by atoms with Crippen LogP contribution < -0.4 is 14.7 Å². The number of nitrogens with zero attached hydrogens (tertiary/aromatic N) is 6. The number of allylic oxidation sites excluding steroid dienone is 3. The normalized spacial score (nSPS) is 12.8. The lowest BCUT2D eigenvalue weighted by Crippen LogP contribution is -2.29. The fourth-order valence-corrected chi connectivity index (χ4v) is 4.99. The van der Waals surface area contributed by atoms with Gasteiger partial charge >= 0.3 is 12.4 Å². The molecule has 0 atom stereocenters. The summed E-state index contributed by atoms with van der Waals surface area (Å²) >= 11 is 0. The van der Waals surface area contributed by atoms with Crippen LogP contribution in [0.25, 0.3) is 16.7 Å². The number of carbonyl (C=O) groups excluding carboxylic acids is 2. The molecule has 14 heteroatoms. The highest BCUT2D eigenvalue weighted by molar-refractivity contribution is 6.24. The minimum atomic E-state index is -5.21. The lowest BCUT2D eigenvalue weighted by atomic mass is 10.0. The van der Waals surface area contributed by atoms with Gasteiger partial charge in [0, 0.05) is 38.2 Å². The molecule has 0 bridgehead atoms. The second-order valence-corrected chi connectivity index (χ2v) is 11.2. The molecule has 4 rings (SSSR count). The zero-order chi connectivity index (χ0) is 38.1. The minimum absolute atomic E-state index is 0.00305. The summed E-state index contributed by atoms with van der Waals surface area (Å²) in [5.41, 5.74) is 0.300. The predicted molar refractivity (Wildman–Crippen MR) is 190 cm³/mol. The largest absolute Gasteiger partial charge is 0.454 e. The van der Waals surface area contributed by atoms with Gasteiger partial charge in [-0.3, -0.25) is 9.59 Å². The van der Waals surface area contributed by atoms with E-state index in [1.54, 1.807) is 44.0 Å². The Morgan fingerprint density at radius 3 is 1.10 bits per heavy atom. The molecule has 0 amide bonds. The Labute approximate surface area is 297 Å². The third-order valence-electron chi connectivity index (χ3n) is 7.71. The first kappa shape index (κ1) is 39.0. The number of anilines is 3. The molecule has 0 saturated heterocycles. The summed E-state index contributed by atoms with van der Waals surface area (Å²) in [5.74, 6) is -4.60. The number of benzene rings is 3. The van der Waals surface area contributed by atoms with Crippen LogP contribution in [0.4, 0.5) is 44.2 Å². The van der Waals surface area contributed by atoms with E-state index in [0.29, 0.717) is 6.54 Å². The van der Waals surface area contributed by atoms with Crippen molar-refractivity contribution in [2.75, 3.05) is 34.3 Å². The van der Waals surface area contributed by atoms with Crippen LogP contribution >= 0.6 is 0 Å². The van der Waals surface area contributed by atoms with Crippen molar-refractivity contribution in [3.05, 3.63) is 126 Å². The number of ketones is 2. The average Bonchev–Trinajstić information content (AvgIpc) is 3.14. The van der Waals surface area contributed by atoms with Crippen LogP contribution in [-0.4, -0.2) is 58.5 Å². The van der Waals surface area contributed by atoms with E-state index in [0.717, 1.165) is 23.5 Å². The first-order valence-corrected chi connectivity index (χ1v) is 16.2. The molecule has 0 aliphatic rings. The molecule has 52 heavy (non-hydrogen) atoms. The van der Waals surface area contributed by atoms with Crippen LogP contribution in [0.5, 0.6) is 0 Å². The molecule has 0 aliphatic heterocycles. The van der Waals surface area contributed by atoms with Crippen molar-refractivity contribution in [2.24, 2.45) is 0 Å². The van der Waals surface area contributed by atoms with Gasteiger partial charge < -0.3 is 14.7 Å². The van der Waals surface area contributed by atoms with E-state index in [4.69, 9.17) is 0 Å². The highest BCUT2D eigenvalue weighted by Crippen LogP contribution is 2.31. The molecular formula is C38H36F6N6O2. The third kappa shape index (κ3) is 9.71. The van der Waals surface area contributed by atoms with E-state index in [2.05, 4.69) is 15.0 Å². The maximum atomic E-state index is 13.9. The van der Waals surface area contributed by atoms with E-state index in [1.807, 2.05) is 37.3 Å². The quantitative estimate of drug-likeness (QED) is 0.0945. The number of Topliss-reactive ketones (excluding diaryl/α,β-unsaturated/α-hetero) is 2. The van der Waals surface area contributed by atoms with Crippen LogP contribution in [0, 0.1) is 0 Å². The standard InChI is InChI=1S/C38H36F6N6O2/c1-5-48(23-26(4)27-17-11-8-12-18-27)34-45-35(49(6-2)24-30(32(51)37(39,40)41)28-19-13-9-14-20-28)47-36(46-34)50(7-3)25-31(33(52)38(42,43)44)29-21-15-10-16-22-29/h8-25H,5-7H2,1-4H3/b26-23-,30-24+,31-25+. The number of halogens is 6. The summed E-state index contributed by atoms with van der Waals surface area (Å²) in [6.07, 6.45) is -6.69. The van der Waals surface area contributed by atoms with Gasteiger partial charge in [-0.1, -0.05) is 91.0 Å². The van der Waals surface area contributed by atoms with Crippen molar-refractivity contribution >= 4 is 46.1 Å². The Bertz CT molecular complexity index is 1820.